The zero-order valence-corrected chi connectivity index (χ0v) is 12.9. The van der Waals surface area contributed by atoms with Crippen LogP contribution in [0.1, 0.15) is 19.3 Å². The highest BCUT2D eigenvalue weighted by Gasteiger charge is 2.17. The van der Waals surface area contributed by atoms with Gasteiger partial charge in [0.2, 0.25) is 5.91 Å². The highest BCUT2D eigenvalue weighted by molar-refractivity contribution is 5.85. The minimum atomic E-state index is 0. The van der Waals surface area contributed by atoms with E-state index in [1.54, 1.807) is 0 Å². The second kappa shape index (κ2) is 10.7. The number of halogens is 2. The fourth-order valence-corrected chi connectivity index (χ4v) is 2.41. The molecule has 0 aliphatic carbocycles. The molecule has 2 fully saturated rings. The zero-order chi connectivity index (χ0) is 11.9. The van der Waals surface area contributed by atoms with Crippen LogP contribution in [0.3, 0.4) is 0 Å². The predicted octanol–water partition coefficient (Wildman–Crippen LogP) is 0.421. The molecule has 0 spiro atoms. The summed E-state index contributed by atoms with van der Waals surface area (Å²) in [6, 6.07) is 0.190. The Labute approximate surface area is 127 Å². The van der Waals surface area contributed by atoms with Crippen molar-refractivity contribution in [2.24, 2.45) is 0 Å². The summed E-state index contributed by atoms with van der Waals surface area (Å²) in [4.78, 5) is 14.1. The number of hydrogen-bond donors (Lipinski definition) is 2. The van der Waals surface area contributed by atoms with E-state index in [9.17, 15) is 4.79 Å². The van der Waals surface area contributed by atoms with Crippen molar-refractivity contribution < 1.29 is 9.53 Å². The molecule has 0 radical (unpaired) electrons. The molecule has 5 nitrogen and oxygen atoms in total. The number of likely N-dealkylation sites (tertiary alicyclic amines) is 1. The summed E-state index contributed by atoms with van der Waals surface area (Å²) < 4.78 is 5.32. The molecule has 0 bridgehead atoms. The second-order valence-corrected chi connectivity index (χ2v) is 4.83. The van der Waals surface area contributed by atoms with Crippen LogP contribution in [0.25, 0.3) is 0 Å². The van der Waals surface area contributed by atoms with Gasteiger partial charge in [-0.15, -0.1) is 24.8 Å². The van der Waals surface area contributed by atoms with E-state index in [4.69, 9.17) is 4.74 Å². The summed E-state index contributed by atoms with van der Waals surface area (Å²) in [6.07, 6.45) is 3.13. The SMILES string of the molecule is Cl.Cl.O=C(CC1COCCN1)NCCN1CCCC1. The molecule has 2 heterocycles. The molecule has 2 aliphatic rings. The maximum atomic E-state index is 11.7. The van der Waals surface area contributed by atoms with Crippen molar-refractivity contribution in [2.75, 3.05) is 45.9 Å². The Morgan fingerprint density at radius 1 is 1.32 bits per heavy atom. The van der Waals surface area contributed by atoms with Crippen LogP contribution in [0.2, 0.25) is 0 Å². The van der Waals surface area contributed by atoms with Gasteiger partial charge in [-0.05, 0) is 25.9 Å². The van der Waals surface area contributed by atoms with Gasteiger partial charge in [-0.2, -0.15) is 0 Å². The zero-order valence-electron chi connectivity index (χ0n) is 11.2. The van der Waals surface area contributed by atoms with Crippen LogP contribution in [0, 0.1) is 0 Å². The molecule has 1 amide bonds. The highest BCUT2D eigenvalue weighted by atomic mass is 35.5. The third-order valence-corrected chi connectivity index (χ3v) is 3.38. The normalized spacial score (nSPS) is 23.3. The van der Waals surface area contributed by atoms with Gasteiger partial charge in [0.15, 0.2) is 0 Å². The molecule has 1 unspecified atom stereocenters. The molecule has 2 aliphatic heterocycles. The van der Waals surface area contributed by atoms with Crippen LogP contribution < -0.4 is 10.6 Å². The number of hydrogen-bond acceptors (Lipinski definition) is 4. The number of morpholine rings is 1. The summed E-state index contributed by atoms with van der Waals surface area (Å²) >= 11 is 0. The summed E-state index contributed by atoms with van der Waals surface area (Å²) in [7, 11) is 0. The molecular formula is C12H25Cl2N3O2. The Kier molecular flexibility index (Phi) is 10.6. The topological polar surface area (TPSA) is 53.6 Å². The summed E-state index contributed by atoms with van der Waals surface area (Å²) in [5, 5.41) is 6.27. The third-order valence-electron chi connectivity index (χ3n) is 3.38. The van der Waals surface area contributed by atoms with Gasteiger partial charge in [0, 0.05) is 32.1 Å². The van der Waals surface area contributed by atoms with Crippen molar-refractivity contribution in [3.8, 4) is 0 Å². The maximum Gasteiger partial charge on any atom is 0.221 e. The van der Waals surface area contributed by atoms with Crippen molar-refractivity contribution >= 4 is 30.7 Å². The molecule has 0 saturated carbocycles. The average molecular weight is 314 g/mol. The Morgan fingerprint density at radius 3 is 2.68 bits per heavy atom. The molecule has 2 rings (SSSR count). The minimum absolute atomic E-state index is 0. The van der Waals surface area contributed by atoms with Crippen molar-refractivity contribution in [1.82, 2.24) is 15.5 Å². The first-order chi connectivity index (χ1) is 8.34. The molecule has 2 saturated heterocycles. The van der Waals surface area contributed by atoms with Crippen molar-refractivity contribution in [3.63, 3.8) is 0 Å². The number of carbonyl (C=O) groups excluding carboxylic acids is 1. The molecule has 19 heavy (non-hydrogen) atoms. The molecular weight excluding hydrogens is 289 g/mol. The fraction of sp³-hybridized carbons (Fsp3) is 0.917. The lowest BCUT2D eigenvalue weighted by Crippen LogP contribution is -2.45. The van der Waals surface area contributed by atoms with Gasteiger partial charge in [-0.3, -0.25) is 4.79 Å². The van der Waals surface area contributed by atoms with Crippen molar-refractivity contribution in [1.29, 1.82) is 0 Å². The van der Waals surface area contributed by atoms with Gasteiger partial charge in [-0.25, -0.2) is 0 Å². The summed E-state index contributed by atoms with van der Waals surface area (Å²) in [5.74, 6) is 0.132. The van der Waals surface area contributed by atoms with Gasteiger partial charge < -0.3 is 20.3 Å². The van der Waals surface area contributed by atoms with Gasteiger partial charge >= 0.3 is 0 Å². The van der Waals surface area contributed by atoms with E-state index < -0.39 is 0 Å². The first-order valence-corrected chi connectivity index (χ1v) is 6.65. The van der Waals surface area contributed by atoms with Crippen molar-refractivity contribution in [3.05, 3.63) is 0 Å². The van der Waals surface area contributed by atoms with Gasteiger partial charge in [0.25, 0.3) is 0 Å². The molecule has 114 valence electrons. The Morgan fingerprint density at radius 2 is 2.05 bits per heavy atom. The first kappa shape index (κ1) is 18.9. The van der Waals surface area contributed by atoms with Crippen LogP contribution in [0.4, 0.5) is 0 Å². The molecule has 1 atom stereocenters. The van der Waals surface area contributed by atoms with E-state index in [1.807, 2.05) is 0 Å². The average Bonchev–Trinajstić information content (AvgIpc) is 2.83. The molecule has 0 aromatic heterocycles. The molecule has 2 N–H and O–H groups in total. The molecule has 0 aromatic carbocycles. The van der Waals surface area contributed by atoms with E-state index in [1.165, 1.54) is 25.9 Å². The lowest BCUT2D eigenvalue weighted by molar-refractivity contribution is -0.122. The van der Waals surface area contributed by atoms with E-state index in [-0.39, 0.29) is 36.8 Å². The maximum absolute atomic E-state index is 11.7. The number of rotatable bonds is 5. The minimum Gasteiger partial charge on any atom is -0.378 e. The fourth-order valence-electron chi connectivity index (χ4n) is 2.41. The number of nitrogens with zero attached hydrogens (tertiary/aromatic N) is 1. The van der Waals surface area contributed by atoms with Crippen LogP contribution in [0.15, 0.2) is 0 Å². The molecule has 0 aromatic rings. The lowest BCUT2D eigenvalue weighted by atomic mass is 10.2. The quantitative estimate of drug-likeness (QED) is 0.772. The van der Waals surface area contributed by atoms with Crippen LogP contribution >= 0.6 is 24.8 Å². The predicted molar refractivity (Wildman–Crippen MR) is 80.4 cm³/mol. The third kappa shape index (κ3) is 7.32. The van der Waals surface area contributed by atoms with E-state index in [2.05, 4.69) is 15.5 Å². The Bertz CT molecular complexity index is 245. The van der Waals surface area contributed by atoms with Gasteiger partial charge in [0.05, 0.1) is 13.2 Å². The number of carbonyl (C=O) groups is 1. The highest BCUT2D eigenvalue weighted by Crippen LogP contribution is 2.05. The van der Waals surface area contributed by atoms with Gasteiger partial charge in [-0.1, -0.05) is 0 Å². The van der Waals surface area contributed by atoms with Crippen LogP contribution in [-0.2, 0) is 9.53 Å². The van der Waals surface area contributed by atoms with Crippen LogP contribution in [0.5, 0.6) is 0 Å². The second-order valence-electron chi connectivity index (χ2n) is 4.83. The Balaban J connectivity index is 0.00000162. The van der Waals surface area contributed by atoms with Crippen molar-refractivity contribution in [2.45, 2.75) is 25.3 Å². The Hall–Kier alpha value is -0.0700. The molecule has 7 heteroatoms. The monoisotopic (exact) mass is 313 g/mol. The van der Waals surface area contributed by atoms with E-state index in [0.29, 0.717) is 13.0 Å². The summed E-state index contributed by atoms with van der Waals surface area (Å²) in [6.45, 7) is 6.40. The largest absolute Gasteiger partial charge is 0.378 e. The smallest absolute Gasteiger partial charge is 0.221 e. The van der Waals surface area contributed by atoms with E-state index in [0.717, 1.165) is 26.2 Å². The van der Waals surface area contributed by atoms with Gasteiger partial charge in [0.1, 0.15) is 0 Å². The van der Waals surface area contributed by atoms with Crippen LogP contribution in [-0.4, -0.2) is 62.8 Å². The lowest BCUT2D eigenvalue weighted by Gasteiger charge is -2.23. The first-order valence-electron chi connectivity index (χ1n) is 6.65. The standard InChI is InChI=1S/C12H23N3O2.2ClH/c16-12(9-11-10-17-8-4-13-11)14-3-7-15-5-1-2-6-15;;/h11,13H,1-10H2,(H,14,16);2*1H. The number of nitrogens with one attached hydrogen (secondary N) is 2. The summed E-state index contributed by atoms with van der Waals surface area (Å²) in [5.41, 5.74) is 0. The number of ether oxygens (including phenoxy) is 1. The van der Waals surface area contributed by atoms with E-state index >= 15 is 0 Å². The number of amides is 1.